The number of halogens is 1. The molecule has 0 saturated heterocycles. The van der Waals surface area contributed by atoms with Crippen molar-refractivity contribution in [3.8, 4) is 0 Å². The van der Waals surface area contributed by atoms with E-state index in [2.05, 4.69) is 5.32 Å². The molecule has 0 radical (unpaired) electrons. The molecule has 6 nitrogen and oxygen atoms in total. The Hall–Kier alpha value is -4.26. The van der Waals surface area contributed by atoms with Gasteiger partial charge in [0.05, 0.1) is 11.3 Å². The van der Waals surface area contributed by atoms with Crippen molar-refractivity contribution < 1.29 is 18.8 Å². The van der Waals surface area contributed by atoms with Gasteiger partial charge in [0.15, 0.2) is 0 Å². The summed E-state index contributed by atoms with van der Waals surface area (Å²) >= 11 is 0. The van der Waals surface area contributed by atoms with Crippen molar-refractivity contribution in [1.82, 2.24) is 4.90 Å². The van der Waals surface area contributed by atoms with E-state index in [0.717, 1.165) is 10.5 Å². The molecule has 1 N–H and O–H groups in total. The zero-order valence-corrected chi connectivity index (χ0v) is 18.2. The molecule has 1 heterocycles. The topological polar surface area (TPSA) is 69.7 Å². The van der Waals surface area contributed by atoms with E-state index in [4.69, 9.17) is 0 Å². The highest BCUT2D eigenvalue weighted by Gasteiger charge is 2.41. The molecule has 0 unspecified atom stereocenters. The van der Waals surface area contributed by atoms with Gasteiger partial charge in [0.1, 0.15) is 11.5 Å². The lowest BCUT2D eigenvalue weighted by Crippen LogP contribution is -2.34. The second-order valence-corrected chi connectivity index (χ2v) is 7.75. The fraction of sp³-hybridized carbons (Fsp3) is 0.115. The van der Waals surface area contributed by atoms with Crippen LogP contribution < -0.4 is 10.2 Å². The first-order valence-electron chi connectivity index (χ1n) is 10.4. The molecule has 1 aliphatic rings. The van der Waals surface area contributed by atoms with Crippen LogP contribution in [-0.2, 0) is 20.9 Å². The molecule has 0 fully saturated rings. The van der Waals surface area contributed by atoms with Gasteiger partial charge in [-0.05, 0) is 47.5 Å². The second-order valence-electron chi connectivity index (χ2n) is 7.75. The van der Waals surface area contributed by atoms with E-state index in [1.807, 2.05) is 30.3 Å². The van der Waals surface area contributed by atoms with Crippen LogP contribution in [0.5, 0.6) is 0 Å². The molecule has 0 aliphatic carbocycles. The van der Waals surface area contributed by atoms with Crippen LogP contribution in [0.1, 0.15) is 18.1 Å². The van der Waals surface area contributed by atoms with Gasteiger partial charge < -0.3 is 10.2 Å². The number of imide groups is 1. The van der Waals surface area contributed by atoms with Crippen LogP contribution in [0.4, 0.5) is 15.8 Å². The number of benzene rings is 3. The molecule has 0 saturated carbocycles. The van der Waals surface area contributed by atoms with Crippen molar-refractivity contribution in [2.24, 2.45) is 0 Å². The predicted molar refractivity (Wildman–Crippen MR) is 124 cm³/mol. The Morgan fingerprint density at radius 2 is 1.55 bits per heavy atom. The van der Waals surface area contributed by atoms with Crippen molar-refractivity contribution in [2.75, 3.05) is 17.3 Å². The van der Waals surface area contributed by atoms with Crippen LogP contribution in [0.3, 0.4) is 0 Å². The molecule has 166 valence electrons. The van der Waals surface area contributed by atoms with E-state index < -0.39 is 17.6 Å². The minimum absolute atomic E-state index is 0.208. The molecule has 3 aromatic rings. The average Bonchev–Trinajstić information content (AvgIpc) is 3.05. The smallest absolute Gasteiger partial charge is 0.282 e. The van der Waals surface area contributed by atoms with Crippen molar-refractivity contribution in [2.45, 2.75) is 13.5 Å². The highest BCUT2D eigenvalue weighted by Crippen LogP contribution is 2.35. The van der Waals surface area contributed by atoms with Crippen molar-refractivity contribution in [3.63, 3.8) is 0 Å². The molecular weight excluding hydrogens is 421 g/mol. The van der Waals surface area contributed by atoms with E-state index in [-0.39, 0.29) is 17.2 Å². The van der Waals surface area contributed by atoms with Gasteiger partial charge in [0.25, 0.3) is 11.8 Å². The first kappa shape index (κ1) is 22.0. The summed E-state index contributed by atoms with van der Waals surface area (Å²) in [6.45, 7) is 1.83. The fourth-order valence-corrected chi connectivity index (χ4v) is 3.82. The molecule has 7 heteroatoms. The van der Waals surface area contributed by atoms with Crippen LogP contribution in [0.15, 0.2) is 84.6 Å². The Morgan fingerprint density at radius 3 is 2.15 bits per heavy atom. The summed E-state index contributed by atoms with van der Waals surface area (Å²) in [7, 11) is 1.76. The maximum Gasteiger partial charge on any atom is 0.282 e. The van der Waals surface area contributed by atoms with Crippen LogP contribution in [-0.4, -0.2) is 29.7 Å². The highest BCUT2D eigenvalue weighted by molar-refractivity contribution is 6.45. The largest absolute Gasteiger partial charge is 0.365 e. The lowest BCUT2D eigenvalue weighted by atomic mass is 10.0. The SMILES string of the molecule is CC(=O)Nc1ccc(C2=C(N(C)Cc3ccccc3)C(=O)N(c3ccc(F)cc3)C2=O)cc1. The van der Waals surface area contributed by atoms with Gasteiger partial charge in [0.2, 0.25) is 5.91 Å². The van der Waals surface area contributed by atoms with Gasteiger partial charge in [-0.25, -0.2) is 9.29 Å². The molecule has 0 atom stereocenters. The van der Waals surface area contributed by atoms with Gasteiger partial charge in [-0.2, -0.15) is 0 Å². The van der Waals surface area contributed by atoms with E-state index in [0.29, 0.717) is 23.5 Å². The predicted octanol–water partition coefficient (Wildman–Crippen LogP) is 4.20. The number of anilines is 2. The van der Waals surface area contributed by atoms with Gasteiger partial charge in [-0.15, -0.1) is 0 Å². The van der Waals surface area contributed by atoms with E-state index >= 15 is 0 Å². The number of carbonyl (C=O) groups is 3. The Labute approximate surface area is 190 Å². The first-order chi connectivity index (χ1) is 15.8. The molecule has 3 aromatic carbocycles. The van der Waals surface area contributed by atoms with Crippen LogP contribution in [0.2, 0.25) is 0 Å². The minimum atomic E-state index is -0.492. The van der Waals surface area contributed by atoms with Crippen molar-refractivity contribution >= 4 is 34.7 Å². The number of nitrogens with one attached hydrogen (secondary N) is 1. The third-order valence-electron chi connectivity index (χ3n) is 5.28. The molecule has 3 amide bonds. The first-order valence-corrected chi connectivity index (χ1v) is 10.4. The summed E-state index contributed by atoms with van der Waals surface area (Å²) in [5.41, 5.74) is 2.90. The molecule has 4 rings (SSSR count). The lowest BCUT2D eigenvalue weighted by Gasteiger charge is -2.21. The van der Waals surface area contributed by atoms with Crippen LogP contribution in [0, 0.1) is 5.82 Å². The van der Waals surface area contributed by atoms with Gasteiger partial charge in [-0.1, -0.05) is 42.5 Å². The van der Waals surface area contributed by atoms with Gasteiger partial charge >= 0.3 is 0 Å². The van der Waals surface area contributed by atoms with E-state index in [1.54, 1.807) is 36.2 Å². The molecule has 0 spiro atoms. The van der Waals surface area contributed by atoms with E-state index in [1.165, 1.54) is 31.2 Å². The van der Waals surface area contributed by atoms with Gasteiger partial charge in [-0.3, -0.25) is 14.4 Å². The minimum Gasteiger partial charge on any atom is -0.365 e. The maximum atomic E-state index is 13.5. The second kappa shape index (κ2) is 9.08. The standard InChI is InChI=1S/C26H22FN3O3/c1-17(31)28-21-12-8-19(9-13-21)23-24(29(2)16-18-6-4-3-5-7-18)26(33)30(25(23)32)22-14-10-20(27)11-15-22/h3-15H,16H2,1-2H3,(H,28,31). The number of hydrogen-bond acceptors (Lipinski definition) is 4. The number of nitrogens with zero attached hydrogens (tertiary/aromatic N) is 2. The summed E-state index contributed by atoms with van der Waals surface area (Å²) in [5.74, 6) is -1.64. The molecule has 0 aromatic heterocycles. The normalized spacial score (nSPS) is 13.5. The Morgan fingerprint density at radius 1 is 0.909 bits per heavy atom. The number of likely N-dealkylation sites (N-methyl/N-ethyl adjacent to an activating group) is 1. The van der Waals surface area contributed by atoms with Crippen molar-refractivity contribution in [3.05, 3.63) is 102 Å². The van der Waals surface area contributed by atoms with Crippen LogP contribution >= 0.6 is 0 Å². The molecule has 33 heavy (non-hydrogen) atoms. The molecule has 0 bridgehead atoms. The summed E-state index contributed by atoms with van der Waals surface area (Å²) in [6.07, 6.45) is 0. The molecular formula is C26H22FN3O3. The monoisotopic (exact) mass is 443 g/mol. The maximum absolute atomic E-state index is 13.5. The highest BCUT2D eigenvalue weighted by atomic mass is 19.1. The fourth-order valence-electron chi connectivity index (χ4n) is 3.82. The summed E-state index contributed by atoms with van der Waals surface area (Å²) in [5, 5.41) is 2.69. The summed E-state index contributed by atoms with van der Waals surface area (Å²) in [4.78, 5) is 41.1. The summed E-state index contributed by atoms with van der Waals surface area (Å²) < 4.78 is 13.4. The number of amides is 3. The Bertz CT molecular complexity index is 1240. The third kappa shape index (κ3) is 4.52. The quantitative estimate of drug-likeness (QED) is 0.580. The van der Waals surface area contributed by atoms with Gasteiger partial charge in [0, 0.05) is 26.2 Å². The number of hydrogen-bond donors (Lipinski definition) is 1. The van der Waals surface area contributed by atoms with E-state index in [9.17, 15) is 18.8 Å². The lowest BCUT2D eigenvalue weighted by molar-refractivity contribution is -0.120. The zero-order valence-electron chi connectivity index (χ0n) is 18.2. The summed E-state index contributed by atoms with van der Waals surface area (Å²) in [6, 6.07) is 21.6. The van der Waals surface area contributed by atoms with Crippen molar-refractivity contribution in [1.29, 1.82) is 0 Å². The molecule has 1 aliphatic heterocycles. The number of carbonyl (C=O) groups excluding carboxylic acids is 3. The zero-order chi connectivity index (χ0) is 23.5. The average molecular weight is 443 g/mol. The Kier molecular flexibility index (Phi) is 6.04. The third-order valence-corrected chi connectivity index (χ3v) is 5.28. The Balaban J connectivity index is 1.77. The van der Waals surface area contributed by atoms with Crippen LogP contribution in [0.25, 0.3) is 5.57 Å². The number of rotatable bonds is 6.